The van der Waals surface area contributed by atoms with E-state index in [4.69, 9.17) is 9.47 Å². The SMILES string of the molecule is COc1ccc(CNC(=O)NCCS(=O)(=O)N2CCN(c3ccc(F)cc3)CC2)cc1OC. The lowest BCUT2D eigenvalue weighted by Gasteiger charge is -2.35. The molecule has 0 saturated carbocycles. The summed E-state index contributed by atoms with van der Waals surface area (Å²) in [7, 11) is -0.424. The molecule has 1 aliphatic rings. The molecule has 1 heterocycles. The van der Waals surface area contributed by atoms with Crippen LogP contribution in [0.2, 0.25) is 0 Å². The van der Waals surface area contributed by atoms with Gasteiger partial charge in [-0.1, -0.05) is 6.07 Å². The molecule has 1 fully saturated rings. The highest BCUT2D eigenvalue weighted by molar-refractivity contribution is 7.89. The van der Waals surface area contributed by atoms with Gasteiger partial charge in [-0.05, 0) is 42.0 Å². The number of nitrogens with one attached hydrogen (secondary N) is 2. The number of piperazine rings is 1. The first-order valence-corrected chi connectivity index (χ1v) is 12.1. The summed E-state index contributed by atoms with van der Waals surface area (Å²) in [4.78, 5) is 14.1. The third-order valence-electron chi connectivity index (χ3n) is 5.37. The van der Waals surface area contributed by atoms with E-state index >= 15 is 0 Å². The summed E-state index contributed by atoms with van der Waals surface area (Å²) in [6, 6.07) is 11.0. The summed E-state index contributed by atoms with van der Waals surface area (Å²) in [6.45, 7) is 1.97. The van der Waals surface area contributed by atoms with Gasteiger partial charge in [0.2, 0.25) is 10.0 Å². The molecule has 0 bridgehead atoms. The molecule has 0 spiro atoms. The fourth-order valence-corrected chi connectivity index (χ4v) is 4.87. The van der Waals surface area contributed by atoms with Crippen LogP contribution >= 0.6 is 0 Å². The number of hydrogen-bond donors (Lipinski definition) is 2. The standard InChI is InChI=1S/C22H29FN4O5S/c1-31-20-8-3-17(15-21(20)32-2)16-25-22(28)24-9-14-33(29,30)27-12-10-26(11-13-27)19-6-4-18(23)5-7-19/h3-8,15H,9-14,16H2,1-2H3,(H2,24,25,28). The lowest BCUT2D eigenvalue weighted by molar-refractivity contribution is 0.241. The lowest BCUT2D eigenvalue weighted by Crippen LogP contribution is -2.50. The molecule has 33 heavy (non-hydrogen) atoms. The van der Waals surface area contributed by atoms with Crippen LogP contribution in [0, 0.1) is 5.82 Å². The van der Waals surface area contributed by atoms with Crippen LogP contribution in [0.3, 0.4) is 0 Å². The van der Waals surface area contributed by atoms with Gasteiger partial charge in [0, 0.05) is 45.0 Å². The third-order valence-corrected chi connectivity index (χ3v) is 7.24. The van der Waals surface area contributed by atoms with E-state index in [0.29, 0.717) is 37.7 Å². The van der Waals surface area contributed by atoms with E-state index in [1.54, 1.807) is 37.4 Å². The summed E-state index contributed by atoms with van der Waals surface area (Å²) in [6.07, 6.45) is 0. The molecule has 1 aliphatic heterocycles. The monoisotopic (exact) mass is 480 g/mol. The van der Waals surface area contributed by atoms with Crippen molar-refractivity contribution in [3.63, 3.8) is 0 Å². The fourth-order valence-electron chi connectivity index (χ4n) is 3.53. The van der Waals surface area contributed by atoms with Crippen molar-refractivity contribution in [2.75, 3.05) is 57.6 Å². The largest absolute Gasteiger partial charge is 0.493 e. The van der Waals surface area contributed by atoms with Crippen molar-refractivity contribution in [1.82, 2.24) is 14.9 Å². The van der Waals surface area contributed by atoms with E-state index in [0.717, 1.165) is 11.3 Å². The van der Waals surface area contributed by atoms with Gasteiger partial charge >= 0.3 is 6.03 Å². The molecule has 11 heteroatoms. The Balaban J connectivity index is 1.40. The Bertz CT molecular complexity index is 1040. The number of urea groups is 1. The van der Waals surface area contributed by atoms with Gasteiger partial charge in [-0.2, -0.15) is 4.31 Å². The molecule has 180 valence electrons. The predicted molar refractivity (Wildman–Crippen MR) is 124 cm³/mol. The van der Waals surface area contributed by atoms with Crippen LogP contribution in [-0.4, -0.2) is 71.5 Å². The van der Waals surface area contributed by atoms with Crippen LogP contribution in [0.4, 0.5) is 14.9 Å². The number of carbonyl (C=O) groups is 1. The van der Waals surface area contributed by atoms with Crippen molar-refractivity contribution in [3.8, 4) is 11.5 Å². The number of halogens is 1. The van der Waals surface area contributed by atoms with Crippen LogP contribution in [0.15, 0.2) is 42.5 Å². The molecule has 9 nitrogen and oxygen atoms in total. The molecule has 0 aliphatic carbocycles. The Labute approximate surface area is 193 Å². The second-order valence-electron chi connectivity index (χ2n) is 7.48. The van der Waals surface area contributed by atoms with Crippen LogP contribution in [0.25, 0.3) is 0 Å². The highest BCUT2D eigenvalue weighted by Gasteiger charge is 2.26. The van der Waals surface area contributed by atoms with Gasteiger partial charge < -0.3 is 25.0 Å². The minimum Gasteiger partial charge on any atom is -0.493 e. The average molecular weight is 481 g/mol. The molecular formula is C22H29FN4O5S. The molecule has 3 rings (SSSR count). The zero-order chi connectivity index (χ0) is 23.8. The van der Waals surface area contributed by atoms with Crippen molar-refractivity contribution >= 4 is 21.7 Å². The summed E-state index contributed by atoms with van der Waals surface area (Å²) in [5, 5.41) is 5.27. The topological polar surface area (TPSA) is 100 Å². The van der Waals surface area contributed by atoms with Crippen molar-refractivity contribution < 1.29 is 27.1 Å². The molecule has 0 unspecified atom stereocenters. The quantitative estimate of drug-likeness (QED) is 0.568. The number of nitrogens with zero attached hydrogens (tertiary/aromatic N) is 2. The summed E-state index contributed by atoms with van der Waals surface area (Å²) in [5.74, 6) is 0.658. The summed E-state index contributed by atoms with van der Waals surface area (Å²) < 4.78 is 50.2. The number of carbonyl (C=O) groups excluding carboxylic acids is 1. The summed E-state index contributed by atoms with van der Waals surface area (Å²) in [5.41, 5.74) is 1.68. The molecule has 2 N–H and O–H groups in total. The van der Waals surface area contributed by atoms with E-state index < -0.39 is 16.1 Å². The zero-order valence-electron chi connectivity index (χ0n) is 18.7. The second kappa shape index (κ2) is 11.2. The molecule has 2 aromatic rings. The number of hydrogen-bond acceptors (Lipinski definition) is 6. The van der Waals surface area contributed by atoms with Gasteiger partial charge in [-0.25, -0.2) is 17.6 Å². The molecule has 0 radical (unpaired) electrons. The Morgan fingerprint density at radius 3 is 2.27 bits per heavy atom. The number of sulfonamides is 1. The van der Waals surface area contributed by atoms with E-state index in [1.807, 2.05) is 4.90 Å². The van der Waals surface area contributed by atoms with Crippen LogP contribution in [-0.2, 0) is 16.6 Å². The highest BCUT2D eigenvalue weighted by Crippen LogP contribution is 2.27. The maximum absolute atomic E-state index is 13.1. The van der Waals surface area contributed by atoms with Crippen molar-refractivity contribution in [2.45, 2.75) is 6.54 Å². The maximum atomic E-state index is 13.1. The average Bonchev–Trinajstić information content (AvgIpc) is 2.83. The Morgan fingerprint density at radius 2 is 1.64 bits per heavy atom. The van der Waals surface area contributed by atoms with E-state index in [9.17, 15) is 17.6 Å². The van der Waals surface area contributed by atoms with Crippen molar-refractivity contribution in [3.05, 3.63) is 53.8 Å². The second-order valence-corrected chi connectivity index (χ2v) is 9.57. The van der Waals surface area contributed by atoms with Crippen LogP contribution in [0.5, 0.6) is 11.5 Å². The number of benzene rings is 2. The van der Waals surface area contributed by atoms with Crippen molar-refractivity contribution in [1.29, 1.82) is 0 Å². The van der Waals surface area contributed by atoms with Crippen molar-refractivity contribution in [2.24, 2.45) is 0 Å². The number of methoxy groups -OCH3 is 2. The molecular weight excluding hydrogens is 451 g/mol. The number of amides is 2. The van der Waals surface area contributed by atoms with E-state index in [1.165, 1.54) is 23.5 Å². The first kappa shape index (κ1) is 24.6. The zero-order valence-corrected chi connectivity index (χ0v) is 19.5. The van der Waals surface area contributed by atoms with Gasteiger partial charge in [-0.15, -0.1) is 0 Å². The summed E-state index contributed by atoms with van der Waals surface area (Å²) >= 11 is 0. The van der Waals surface area contributed by atoms with Crippen LogP contribution in [0.1, 0.15) is 5.56 Å². The highest BCUT2D eigenvalue weighted by atomic mass is 32.2. The van der Waals surface area contributed by atoms with Gasteiger partial charge in [0.25, 0.3) is 0 Å². The number of rotatable bonds is 9. The maximum Gasteiger partial charge on any atom is 0.315 e. The van der Waals surface area contributed by atoms with Crippen LogP contribution < -0.4 is 25.0 Å². The van der Waals surface area contributed by atoms with Gasteiger partial charge in [0.05, 0.1) is 20.0 Å². The Hall–Kier alpha value is -3.05. The Morgan fingerprint density at radius 1 is 0.970 bits per heavy atom. The number of ether oxygens (including phenoxy) is 2. The molecule has 1 saturated heterocycles. The lowest BCUT2D eigenvalue weighted by atomic mass is 10.2. The fraction of sp³-hybridized carbons (Fsp3) is 0.409. The third kappa shape index (κ3) is 6.72. The minimum atomic E-state index is -3.50. The molecule has 2 aromatic carbocycles. The number of anilines is 1. The normalized spacial score (nSPS) is 14.6. The predicted octanol–water partition coefficient (Wildman–Crippen LogP) is 1.79. The van der Waals surface area contributed by atoms with E-state index in [2.05, 4.69) is 10.6 Å². The molecule has 2 amide bonds. The van der Waals surface area contributed by atoms with Gasteiger partial charge in [0.1, 0.15) is 5.82 Å². The Kier molecular flexibility index (Phi) is 8.34. The first-order chi connectivity index (χ1) is 15.8. The molecule has 0 atom stereocenters. The van der Waals surface area contributed by atoms with Gasteiger partial charge in [0.15, 0.2) is 11.5 Å². The minimum absolute atomic E-state index is 0.00171. The molecule has 0 aromatic heterocycles. The smallest absolute Gasteiger partial charge is 0.315 e. The first-order valence-electron chi connectivity index (χ1n) is 10.5. The van der Waals surface area contributed by atoms with E-state index in [-0.39, 0.29) is 24.7 Å². The van der Waals surface area contributed by atoms with Gasteiger partial charge in [-0.3, -0.25) is 0 Å².